The summed E-state index contributed by atoms with van der Waals surface area (Å²) in [5.41, 5.74) is 34.7. The van der Waals surface area contributed by atoms with Gasteiger partial charge in [-0.25, -0.2) is 9.78 Å². The second kappa shape index (κ2) is 49.0. The minimum absolute atomic E-state index is 0.0565. The summed E-state index contributed by atoms with van der Waals surface area (Å²) in [4.78, 5) is 216. The molecule has 1 aromatic heterocycles. The van der Waals surface area contributed by atoms with Crippen LogP contribution in [-0.2, 0) is 84.8 Å². The third kappa shape index (κ3) is 34.4. The van der Waals surface area contributed by atoms with Crippen LogP contribution in [0.3, 0.4) is 0 Å². The molecule has 39 heteroatoms. The monoisotopic (exact) mass is 1600 g/mol. The number of rotatable bonds is 51. The van der Waals surface area contributed by atoms with Crippen LogP contribution >= 0.6 is 21.6 Å². The average molecular weight is 1600 g/mol. The topological polar surface area (TPSA) is 622 Å². The van der Waals surface area contributed by atoms with Gasteiger partial charge >= 0.3 is 11.9 Å². The number of hydrogen-bond donors (Lipinski definition) is 19. The van der Waals surface area contributed by atoms with Crippen molar-refractivity contribution in [1.29, 1.82) is 0 Å². The van der Waals surface area contributed by atoms with Gasteiger partial charge in [-0.15, -0.1) is 0 Å². The number of aliphatic carboxylic acids is 2. The molecule has 1 fully saturated rings. The minimum atomic E-state index is -1.94. The highest BCUT2D eigenvalue weighted by Crippen LogP contribution is 2.30. The summed E-state index contributed by atoms with van der Waals surface area (Å²) in [6.07, 6.45) is -1.99. The number of amides is 13. The second-order valence-corrected chi connectivity index (χ2v) is 30.3. The Hall–Kier alpha value is -10.5. The summed E-state index contributed by atoms with van der Waals surface area (Å²) >= 11 is 0. The fraction of sp³-hybridized carbons (Fsp3) is 0.548. The highest BCUT2D eigenvalue weighted by Gasteiger charge is 2.42. The molecule has 4 rings (SSSR count). The molecule has 0 bridgehead atoms. The van der Waals surface area contributed by atoms with Crippen molar-refractivity contribution in [3.05, 3.63) is 96.2 Å². The number of pyridine rings is 1. The van der Waals surface area contributed by atoms with Crippen molar-refractivity contribution in [1.82, 2.24) is 63.1 Å². The fourth-order valence-electron chi connectivity index (χ4n) is 11.8. The number of aromatic nitrogens is 1. The lowest BCUT2D eigenvalue weighted by Crippen LogP contribution is -2.62. The first-order valence-corrected chi connectivity index (χ1v) is 39.2. The fourth-order valence-corrected chi connectivity index (χ4v) is 13.8. The van der Waals surface area contributed by atoms with Crippen molar-refractivity contribution >= 4 is 116 Å². The van der Waals surface area contributed by atoms with Crippen molar-refractivity contribution in [3.8, 4) is 0 Å². The summed E-state index contributed by atoms with van der Waals surface area (Å²) < 4.78 is 0. The molecule has 37 nitrogen and oxygen atoms in total. The largest absolute Gasteiger partial charge is 0.481 e. The maximum Gasteiger partial charge on any atom is 0.326 e. The first kappa shape index (κ1) is 93.9. The molecule has 1 aliphatic rings. The molecule has 13 atom stereocenters. The van der Waals surface area contributed by atoms with E-state index in [-0.39, 0.29) is 101 Å². The van der Waals surface area contributed by atoms with E-state index in [2.05, 4.69) is 63.1 Å². The average Bonchev–Trinajstić information content (AvgIpc) is 1.77. The van der Waals surface area contributed by atoms with E-state index in [4.69, 9.17) is 39.5 Å². The molecule has 0 radical (unpaired) electrons. The molecular weight excluding hydrogens is 1500 g/mol. The molecule has 1 aliphatic heterocycles. The lowest BCUT2D eigenvalue weighted by atomic mass is 10.0. The number of primary amides is 2. The molecular formula is C73H109N19O18S2. The maximum absolute atomic E-state index is 14.7. The standard InChI is InChI=1S/C73H109N19O18S2/c1-40(2)34-49(88-69(106)55-24-17-33-92(55)71(108)47(22-12-14-30-74)83-61(98)45(75)26-29-59(96)97)63(100)82-46(27-28-56(76)94)62(99)87-53(38-57(77)95)66(103)85-52(37-44-20-10-7-11-21-44)67(104)91-60(42(5)93)70(107)89-50(35-41(3)4)64(101)90-54(39-111-112-58-25-13-15-31-80-58)68(105)86-51(36-43-18-8-6-9-19-43)65(102)84-48(72(109)110)23-16-32-81-73(78)79/h6-11,13,15,18-21,25,31,40-42,45-55,60,93H,12,14,16-17,22-24,26-30,32-39,74-75H2,1-5H3,(H2,76,94)(H2,77,95)(H,82,100)(H,83,98)(H,84,102)(H,85,103)(H,86,105)(H,87,99)(H,88,106)(H,89,107)(H,90,101)(H,91,104)(H,96,97)(H,109,110)(H4,78,79,81)/t42-,45+,46+,47+,48+,49+,50+,51+,52+,53+,54+,55+,60+/m1/s1. The number of guanidine groups is 1. The number of carboxylic acid groups (broad SMARTS) is 2. The van der Waals surface area contributed by atoms with E-state index in [0.29, 0.717) is 35.4 Å². The quantitative estimate of drug-likeness (QED) is 0.0118. The van der Waals surface area contributed by atoms with Crippen molar-refractivity contribution < 1.29 is 87.2 Å². The molecule has 112 heavy (non-hydrogen) atoms. The highest BCUT2D eigenvalue weighted by molar-refractivity contribution is 8.76. The predicted molar refractivity (Wildman–Crippen MR) is 415 cm³/mol. The molecule has 25 N–H and O–H groups in total. The van der Waals surface area contributed by atoms with Crippen molar-refractivity contribution in [2.45, 2.75) is 221 Å². The molecule has 2 heterocycles. The number of nitrogens with two attached hydrogens (primary N) is 6. The van der Waals surface area contributed by atoms with E-state index in [9.17, 15) is 82.1 Å². The molecule has 2 aromatic carbocycles. The van der Waals surface area contributed by atoms with Crippen LogP contribution in [0.15, 0.2) is 95.1 Å². The molecule has 0 saturated carbocycles. The van der Waals surface area contributed by atoms with Gasteiger partial charge in [-0.1, -0.05) is 105 Å². The summed E-state index contributed by atoms with van der Waals surface area (Å²) in [6.45, 7) is 8.44. The van der Waals surface area contributed by atoms with Gasteiger partial charge in [0.15, 0.2) is 5.96 Å². The predicted octanol–water partition coefficient (Wildman–Crippen LogP) is -2.78. The number of unbranched alkanes of at least 4 members (excludes halogenated alkanes) is 1. The van der Waals surface area contributed by atoms with Crippen LogP contribution in [0.5, 0.6) is 0 Å². The Kier molecular flexibility index (Phi) is 41.1. The number of hydrogen-bond acceptors (Lipinski definition) is 22. The van der Waals surface area contributed by atoms with Gasteiger partial charge in [0.1, 0.15) is 71.5 Å². The number of aliphatic hydroxyl groups is 1. The van der Waals surface area contributed by atoms with Gasteiger partial charge in [0.25, 0.3) is 0 Å². The van der Waals surface area contributed by atoms with Gasteiger partial charge in [-0.3, -0.25) is 72.1 Å². The maximum atomic E-state index is 14.7. The number of likely N-dealkylation sites (tertiary alicyclic amines) is 1. The number of carbonyl (C=O) groups excluding carboxylic acids is 13. The van der Waals surface area contributed by atoms with Gasteiger partial charge in [-0.2, -0.15) is 0 Å². The van der Waals surface area contributed by atoms with Gasteiger partial charge < -0.3 is 108 Å². The molecule has 3 aromatic rings. The zero-order valence-corrected chi connectivity index (χ0v) is 65.1. The van der Waals surface area contributed by atoms with Gasteiger partial charge in [0.2, 0.25) is 76.8 Å². The van der Waals surface area contributed by atoms with E-state index in [1.54, 1.807) is 113 Å². The summed E-state index contributed by atoms with van der Waals surface area (Å²) in [6, 6.07) is 3.46. The van der Waals surface area contributed by atoms with Crippen LogP contribution < -0.4 is 87.6 Å². The highest BCUT2D eigenvalue weighted by atomic mass is 33.1. The van der Waals surface area contributed by atoms with Crippen LogP contribution in [0.2, 0.25) is 0 Å². The van der Waals surface area contributed by atoms with E-state index < -0.39 is 193 Å². The van der Waals surface area contributed by atoms with Crippen LogP contribution in [0.25, 0.3) is 0 Å². The van der Waals surface area contributed by atoms with E-state index in [0.717, 1.165) is 28.5 Å². The molecule has 1 saturated heterocycles. The van der Waals surface area contributed by atoms with Crippen LogP contribution in [-0.4, -0.2) is 224 Å². The Morgan fingerprint density at radius 1 is 0.527 bits per heavy atom. The SMILES string of the molecule is CC(C)C[C@H](NC(=O)[C@@H](NC(=O)[C@H](Cc1ccccc1)NC(=O)[C@H](CC(N)=O)NC(=O)[C@H](CCC(N)=O)NC(=O)[C@H](CC(C)C)NC(=O)[C@@H]1CCCN1C(=O)[C@H](CCCCN)NC(=O)[C@@H](N)CCC(=O)O)[C@@H](C)O)C(=O)N[C@@H](CSSc1ccccn1)C(=O)N[C@@H](Cc1ccccc1)C(=O)N[C@@H](CCCN=C(N)N)C(=O)O. The zero-order valence-electron chi connectivity index (χ0n) is 63.5. The Bertz CT molecular complexity index is 3680. The van der Waals surface area contributed by atoms with E-state index >= 15 is 0 Å². The van der Waals surface area contributed by atoms with Crippen molar-refractivity contribution in [2.75, 3.05) is 25.4 Å². The van der Waals surface area contributed by atoms with Gasteiger partial charge in [0.05, 0.1) is 18.6 Å². The Morgan fingerprint density at radius 2 is 1.02 bits per heavy atom. The van der Waals surface area contributed by atoms with Gasteiger partial charge in [0, 0.05) is 50.7 Å². The number of carboxylic acids is 2. The molecule has 616 valence electrons. The number of nitrogens with one attached hydrogen (secondary N) is 10. The molecule has 13 amide bonds. The first-order valence-electron chi connectivity index (χ1n) is 36.9. The smallest absolute Gasteiger partial charge is 0.326 e. The Morgan fingerprint density at radius 3 is 1.54 bits per heavy atom. The van der Waals surface area contributed by atoms with Gasteiger partial charge in [-0.05, 0) is 130 Å². The summed E-state index contributed by atoms with van der Waals surface area (Å²) in [5, 5.41) is 56.6. The van der Waals surface area contributed by atoms with Crippen molar-refractivity contribution in [2.24, 2.45) is 51.2 Å². The van der Waals surface area contributed by atoms with E-state index in [1.807, 2.05) is 0 Å². The summed E-state index contributed by atoms with van der Waals surface area (Å²) in [7, 11) is 2.25. The second-order valence-electron chi connectivity index (χ2n) is 27.9. The molecule has 0 spiro atoms. The third-order valence-corrected chi connectivity index (χ3v) is 19.8. The number of benzene rings is 2. The molecule has 0 aliphatic carbocycles. The van der Waals surface area contributed by atoms with E-state index in [1.165, 1.54) is 4.90 Å². The van der Waals surface area contributed by atoms with Crippen LogP contribution in [0, 0.1) is 11.8 Å². The Labute approximate surface area is 657 Å². The van der Waals surface area contributed by atoms with Crippen LogP contribution in [0.1, 0.15) is 136 Å². The number of nitrogens with zero attached hydrogens (tertiary/aromatic N) is 3. The summed E-state index contributed by atoms with van der Waals surface area (Å²) in [5.74, 6) is -16.3. The Balaban J connectivity index is 1.62. The number of aliphatic imine (C=N–C) groups is 1. The normalized spacial score (nSPS) is 15.7. The lowest BCUT2D eigenvalue weighted by molar-refractivity contribution is -0.142. The zero-order chi connectivity index (χ0) is 83.1. The lowest BCUT2D eigenvalue weighted by Gasteiger charge is -2.31. The first-order chi connectivity index (χ1) is 53.1. The number of carbonyl (C=O) groups is 15. The van der Waals surface area contributed by atoms with Crippen molar-refractivity contribution in [3.63, 3.8) is 0 Å². The number of aliphatic hydroxyl groups excluding tert-OH is 1. The minimum Gasteiger partial charge on any atom is -0.481 e. The molecule has 0 unspecified atom stereocenters. The van der Waals surface area contributed by atoms with Crippen LogP contribution in [0.4, 0.5) is 0 Å². The third-order valence-electron chi connectivity index (χ3n) is 17.5.